The summed E-state index contributed by atoms with van der Waals surface area (Å²) < 4.78 is 29.1. The highest BCUT2D eigenvalue weighted by atomic mass is 32.2. The van der Waals surface area contributed by atoms with Crippen LogP contribution in [0.15, 0.2) is 10.6 Å². The van der Waals surface area contributed by atoms with Gasteiger partial charge in [0.25, 0.3) is 0 Å². The molecule has 5 nitrogen and oxygen atoms in total. The zero-order valence-corrected chi connectivity index (χ0v) is 13.8. The van der Waals surface area contributed by atoms with Crippen LogP contribution in [-0.2, 0) is 16.4 Å². The largest absolute Gasteiger partial charge is 0.444 e. The molecule has 4 rings (SSSR count). The number of likely N-dealkylation sites (tertiary alicyclic amines) is 1. The quantitative estimate of drug-likeness (QED) is 0.854. The van der Waals surface area contributed by atoms with Crippen molar-refractivity contribution in [3.05, 3.63) is 17.8 Å². The summed E-state index contributed by atoms with van der Waals surface area (Å²) in [7, 11) is -2.76. The number of rotatable bonds is 3. The van der Waals surface area contributed by atoms with E-state index in [0.29, 0.717) is 17.4 Å². The Morgan fingerprint density at radius 2 is 1.86 bits per heavy atom. The van der Waals surface area contributed by atoms with E-state index < -0.39 is 9.84 Å². The molecule has 122 valence electrons. The molecule has 22 heavy (non-hydrogen) atoms. The molecule has 0 amide bonds. The van der Waals surface area contributed by atoms with E-state index in [4.69, 9.17) is 4.42 Å². The first kappa shape index (κ1) is 14.7. The molecule has 3 aliphatic rings. The minimum absolute atomic E-state index is 0.280. The molecule has 2 aliphatic heterocycles. The standard InChI is InChI=1S/C16H24N2O3S/c19-22(20)9-5-16(6-10-22)3-7-18(8-4-16)12-14-11-17-15(21-14)13-1-2-13/h11,13H,1-10,12H2. The third-order valence-corrected chi connectivity index (χ3v) is 7.33. The second kappa shape index (κ2) is 5.34. The summed E-state index contributed by atoms with van der Waals surface area (Å²) in [6, 6.07) is 0. The lowest BCUT2D eigenvalue weighted by atomic mass is 9.74. The van der Waals surface area contributed by atoms with Crippen molar-refractivity contribution in [3.63, 3.8) is 0 Å². The average molecular weight is 324 g/mol. The average Bonchev–Trinajstić information content (AvgIpc) is 3.26. The molecular formula is C16H24N2O3S. The molecule has 0 unspecified atom stereocenters. The van der Waals surface area contributed by atoms with Crippen molar-refractivity contribution in [2.45, 2.75) is 51.0 Å². The van der Waals surface area contributed by atoms with Gasteiger partial charge in [-0.15, -0.1) is 0 Å². The highest BCUT2D eigenvalue weighted by Crippen LogP contribution is 2.42. The first-order chi connectivity index (χ1) is 10.5. The van der Waals surface area contributed by atoms with E-state index in [1.165, 1.54) is 12.8 Å². The predicted molar refractivity (Wildman–Crippen MR) is 83.3 cm³/mol. The summed E-state index contributed by atoms with van der Waals surface area (Å²) in [6.07, 6.45) is 8.27. The Morgan fingerprint density at radius 1 is 1.18 bits per heavy atom. The summed E-state index contributed by atoms with van der Waals surface area (Å²) in [5.41, 5.74) is 0.280. The maximum absolute atomic E-state index is 11.6. The van der Waals surface area contributed by atoms with Crippen LogP contribution < -0.4 is 0 Å². The van der Waals surface area contributed by atoms with Gasteiger partial charge in [-0.25, -0.2) is 13.4 Å². The normalized spacial score (nSPS) is 28.0. The molecule has 0 bridgehead atoms. The lowest BCUT2D eigenvalue weighted by Crippen LogP contribution is -2.43. The zero-order chi connectivity index (χ0) is 15.2. The highest BCUT2D eigenvalue weighted by Gasteiger charge is 2.39. The fraction of sp³-hybridized carbons (Fsp3) is 0.812. The van der Waals surface area contributed by atoms with Gasteiger partial charge in [0, 0.05) is 5.92 Å². The van der Waals surface area contributed by atoms with Crippen molar-refractivity contribution >= 4 is 9.84 Å². The molecule has 1 aromatic rings. The van der Waals surface area contributed by atoms with Crippen molar-refractivity contribution in [3.8, 4) is 0 Å². The van der Waals surface area contributed by atoms with Gasteiger partial charge in [-0.3, -0.25) is 4.90 Å². The molecule has 3 fully saturated rings. The molecule has 3 heterocycles. The van der Waals surface area contributed by atoms with Crippen molar-refractivity contribution < 1.29 is 12.8 Å². The van der Waals surface area contributed by atoms with Gasteiger partial charge in [0.15, 0.2) is 5.89 Å². The number of oxazole rings is 1. The first-order valence-corrected chi connectivity index (χ1v) is 10.2. The minimum atomic E-state index is -2.76. The Balaban J connectivity index is 1.31. The lowest BCUT2D eigenvalue weighted by molar-refractivity contribution is 0.0842. The van der Waals surface area contributed by atoms with Gasteiger partial charge in [-0.1, -0.05) is 0 Å². The van der Waals surface area contributed by atoms with Gasteiger partial charge in [-0.05, 0) is 57.0 Å². The summed E-state index contributed by atoms with van der Waals surface area (Å²) in [5.74, 6) is 3.24. The van der Waals surface area contributed by atoms with Gasteiger partial charge in [0.05, 0.1) is 24.2 Å². The number of nitrogens with zero attached hydrogens (tertiary/aromatic N) is 2. The van der Waals surface area contributed by atoms with E-state index in [1.54, 1.807) is 0 Å². The van der Waals surface area contributed by atoms with Gasteiger partial charge in [-0.2, -0.15) is 0 Å². The topological polar surface area (TPSA) is 63.4 Å². The smallest absolute Gasteiger partial charge is 0.197 e. The van der Waals surface area contributed by atoms with Crippen LogP contribution in [0.2, 0.25) is 0 Å². The molecule has 1 aromatic heterocycles. The van der Waals surface area contributed by atoms with Crippen LogP contribution in [0.3, 0.4) is 0 Å². The predicted octanol–water partition coefficient (Wildman–Crippen LogP) is 2.34. The zero-order valence-electron chi connectivity index (χ0n) is 13.0. The van der Waals surface area contributed by atoms with Crippen molar-refractivity contribution in [1.82, 2.24) is 9.88 Å². The lowest BCUT2D eigenvalue weighted by Gasteiger charge is -2.43. The maximum Gasteiger partial charge on any atom is 0.197 e. The Kier molecular flexibility index (Phi) is 3.57. The number of sulfone groups is 1. The summed E-state index contributed by atoms with van der Waals surface area (Å²) >= 11 is 0. The van der Waals surface area contributed by atoms with Crippen molar-refractivity contribution in [1.29, 1.82) is 0 Å². The third-order valence-electron chi connectivity index (χ3n) is 5.68. The first-order valence-electron chi connectivity index (χ1n) is 8.41. The fourth-order valence-corrected chi connectivity index (χ4v) is 5.48. The Morgan fingerprint density at radius 3 is 2.50 bits per heavy atom. The molecule has 1 saturated carbocycles. The van der Waals surface area contributed by atoms with Gasteiger partial charge in [0.2, 0.25) is 0 Å². The molecule has 6 heteroatoms. The number of aromatic nitrogens is 1. The molecule has 0 atom stereocenters. The second-order valence-electron chi connectivity index (χ2n) is 7.37. The number of piperidine rings is 1. The molecular weight excluding hydrogens is 300 g/mol. The van der Waals surface area contributed by atoms with E-state index in [-0.39, 0.29) is 5.41 Å². The van der Waals surface area contributed by atoms with E-state index in [2.05, 4.69) is 9.88 Å². The Labute approximate surface area is 132 Å². The monoisotopic (exact) mass is 324 g/mol. The van der Waals surface area contributed by atoms with E-state index in [0.717, 1.165) is 57.0 Å². The van der Waals surface area contributed by atoms with Crippen LogP contribution in [0.25, 0.3) is 0 Å². The summed E-state index contributed by atoms with van der Waals surface area (Å²) in [6.45, 7) is 2.92. The summed E-state index contributed by atoms with van der Waals surface area (Å²) in [5, 5.41) is 0. The summed E-state index contributed by atoms with van der Waals surface area (Å²) in [4.78, 5) is 6.81. The van der Waals surface area contributed by atoms with E-state index in [9.17, 15) is 8.42 Å². The van der Waals surface area contributed by atoms with E-state index in [1.807, 2.05) is 6.20 Å². The number of hydrogen-bond acceptors (Lipinski definition) is 5. The van der Waals surface area contributed by atoms with Gasteiger partial charge >= 0.3 is 0 Å². The highest BCUT2D eigenvalue weighted by molar-refractivity contribution is 7.91. The molecule has 0 aromatic carbocycles. The van der Waals surface area contributed by atoms with Crippen LogP contribution in [0.4, 0.5) is 0 Å². The van der Waals surface area contributed by atoms with Crippen LogP contribution in [0.5, 0.6) is 0 Å². The van der Waals surface area contributed by atoms with Crippen LogP contribution >= 0.6 is 0 Å². The fourth-order valence-electron chi connectivity index (χ4n) is 3.79. The molecule has 1 spiro atoms. The Bertz CT molecular complexity index is 624. The SMILES string of the molecule is O=S1(=O)CCC2(CCN(Cc3cnc(C4CC4)o3)CC2)CC1. The molecule has 0 radical (unpaired) electrons. The van der Waals surface area contributed by atoms with Gasteiger partial charge < -0.3 is 4.42 Å². The maximum atomic E-state index is 11.6. The third kappa shape index (κ3) is 3.08. The van der Waals surface area contributed by atoms with Crippen LogP contribution in [0, 0.1) is 5.41 Å². The van der Waals surface area contributed by atoms with Crippen LogP contribution in [0.1, 0.15) is 56.1 Å². The number of hydrogen-bond donors (Lipinski definition) is 0. The second-order valence-corrected chi connectivity index (χ2v) is 9.67. The van der Waals surface area contributed by atoms with Gasteiger partial charge in [0.1, 0.15) is 15.6 Å². The van der Waals surface area contributed by atoms with Crippen molar-refractivity contribution in [2.24, 2.45) is 5.41 Å². The Hall–Kier alpha value is -0.880. The van der Waals surface area contributed by atoms with Crippen LogP contribution in [-0.4, -0.2) is 42.9 Å². The minimum Gasteiger partial charge on any atom is -0.444 e. The molecule has 2 saturated heterocycles. The molecule has 1 aliphatic carbocycles. The molecule has 0 N–H and O–H groups in total. The van der Waals surface area contributed by atoms with Crippen molar-refractivity contribution in [2.75, 3.05) is 24.6 Å². The van der Waals surface area contributed by atoms with E-state index >= 15 is 0 Å².